The van der Waals surface area contributed by atoms with Crippen molar-refractivity contribution >= 4 is 23.7 Å². The standard InChI is InChI=1S/C27H26ClNO8/c1-33-19-7-8-22(34-2)17(13-19)9-11-29-26(30)16-3-5-18(6-4-16)36-25-15-24-20(14-21(25)28)23(10-12-35-24)37-27(31)32/h3-8,13-15,23H,9-12H2,1-2H3,(H,29,30)(H,31,32). The van der Waals surface area contributed by atoms with E-state index in [9.17, 15) is 9.59 Å². The Hall–Kier alpha value is -4.11. The molecule has 0 fully saturated rings. The van der Waals surface area contributed by atoms with E-state index in [1.54, 1.807) is 50.6 Å². The van der Waals surface area contributed by atoms with Crippen LogP contribution in [0, 0.1) is 0 Å². The van der Waals surface area contributed by atoms with Crippen molar-refractivity contribution in [3.8, 4) is 28.7 Å². The van der Waals surface area contributed by atoms with Crippen molar-refractivity contribution in [2.24, 2.45) is 0 Å². The average Bonchev–Trinajstić information content (AvgIpc) is 2.89. The third-order valence-electron chi connectivity index (χ3n) is 5.80. The summed E-state index contributed by atoms with van der Waals surface area (Å²) in [5.41, 5.74) is 1.95. The summed E-state index contributed by atoms with van der Waals surface area (Å²) in [6, 6.07) is 15.3. The van der Waals surface area contributed by atoms with Gasteiger partial charge in [-0.1, -0.05) is 11.6 Å². The molecule has 0 saturated carbocycles. The van der Waals surface area contributed by atoms with Crippen LogP contribution in [0.1, 0.15) is 34.0 Å². The smallest absolute Gasteiger partial charge is 0.497 e. The van der Waals surface area contributed by atoms with Crippen LogP contribution in [0.25, 0.3) is 0 Å². The van der Waals surface area contributed by atoms with Crippen molar-refractivity contribution in [3.63, 3.8) is 0 Å². The van der Waals surface area contributed by atoms with Gasteiger partial charge in [-0.3, -0.25) is 4.79 Å². The molecule has 1 unspecified atom stereocenters. The lowest BCUT2D eigenvalue weighted by Gasteiger charge is -2.25. The van der Waals surface area contributed by atoms with E-state index in [1.165, 1.54) is 0 Å². The van der Waals surface area contributed by atoms with Gasteiger partial charge in [0.2, 0.25) is 0 Å². The van der Waals surface area contributed by atoms with Gasteiger partial charge in [-0.05, 0) is 60.5 Å². The molecule has 0 aromatic heterocycles. The van der Waals surface area contributed by atoms with Gasteiger partial charge in [0.1, 0.15) is 34.9 Å². The van der Waals surface area contributed by atoms with Gasteiger partial charge < -0.3 is 34.1 Å². The number of carbonyl (C=O) groups excluding carboxylic acids is 1. The van der Waals surface area contributed by atoms with E-state index in [4.69, 9.17) is 40.4 Å². The predicted molar refractivity (Wildman–Crippen MR) is 136 cm³/mol. The van der Waals surface area contributed by atoms with Crippen LogP contribution in [0.2, 0.25) is 5.02 Å². The maximum atomic E-state index is 12.6. The molecule has 1 heterocycles. The van der Waals surface area contributed by atoms with Crippen LogP contribution in [-0.4, -0.2) is 44.5 Å². The summed E-state index contributed by atoms with van der Waals surface area (Å²) in [6.07, 6.45) is -1.05. The fourth-order valence-corrected chi connectivity index (χ4v) is 4.18. The Kier molecular flexibility index (Phi) is 8.25. The maximum absolute atomic E-state index is 12.6. The van der Waals surface area contributed by atoms with Crippen molar-refractivity contribution < 1.29 is 38.4 Å². The lowest BCUT2D eigenvalue weighted by molar-refractivity contribution is 0.0326. The highest BCUT2D eigenvalue weighted by atomic mass is 35.5. The van der Waals surface area contributed by atoms with E-state index in [1.807, 2.05) is 18.2 Å². The first-order chi connectivity index (χ1) is 17.9. The number of benzene rings is 3. The Bertz CT molecular complexity index is 1280. The highest BCUT2D eigenvalue weighted by molar-refractivity contribution is 6.32. The number of rotatable bonds is 9. The van der Waals surface area contributed by atoms with Gasteiger partial charge in [0.05, 0.1) is 25.8 Å². The second kappa shape index (κ2) is 11.7. The van der Waals surface area contributed by atoms with Gasteiger partial charge in [-0.15, -0.1) is 0 Å². The van der Waals surface area contributed by atoms with E-state index in [0.29, 0.717) is 54.4 Å². The lowest BCUT2D eigenvalue weighted by Crippen LogP contribution is -2.25. The van der Waals surface area contributed by atoms with Gasteiger partial charge in [0, 0.05) is 30.2 Å². The molecule has 0 radical (unpaired) electrons. The summed E-state index contributed by atoms with van der Waals surface area (Å²) < 4.78 is 27.1. The van der Waals surface area contributed by atoms with E-state index in [-0.39, 0.29) is 10.9 Å². The van der Waals surface area contributed by atoms with Crippen LogP contribution in [0.4, 0.5) is 4.79 Å². The number of methoxy groups -OCH3 is 2. The molecule has 3 aromatic rings. The van der Waals surface area contributed by atoms with Crippen LogP contribution in [0.15, 0.2) is 54.6 Å². The van der Waals surface area contributed by atoms with Gasteiger partial charge in [0.15, 0.2) is 0 Å². The number of nitrogens with one attached hydrogen (secondary N) is 1. The summed E-state index contributed by atoms with van der Waals surface area (Å²) in [5.74, 6) is 2.47. The maximum Gasteiger partial charge on any atom is 0.506 e. The van der Waals surface area contributed by atoms with E-state index in [0.717, 1.165) is 17.1 Å². The first-order valence-corrected chi connectivity index (χ1v) is 11.9. The molecule has 1 atom stereocenters. The summed E-state index contributed by atoms with van der Waals surface area (Å²) in [5, 5.41) is 12.1. The Balaban J connectivity index is 1.37. The third kappa shape index (κ3) is 6.37. The molecule has 3 aromatic carbocycles. The first-order valence-electron chi connectivity index (χ1n) is 11.5. The highest BCUT2D eigenvalue weighted by Crippen LogP contribution is 2.42. The molecule has 0 spiro atoms. The number of hydrogen-bond acceptors (Lipinski definition) is 7. The minimum Gasteiger partial charge on any atom is -0.497 e. The van der Waals surface area contributed by atoms with Crippen LogP contribution in [-0.2, 0) is 11.2 Å². The topological polar surface area (TPSA) is 113 Å². The second-order valence-electron chi connectivity index (χ2n) is 8.14. The summed E-state index contributed by atoms with van der Waals surface area (Å²) in [4.78, 5) is 23.6. The molecule has 10 heteroatoms. The molecule has 0 saturated heterocycles. The molecule has 1 aliphatic heterocycles. The second-order valence-corrected chi connectivity index (χ2v) is 8.55. The van der Waals surface area contributed by atoms with Crippen LogP contribution in [0.3, 0.4) is 0 Å². The molecule has 0 bridgehead atoms. The van der Waals surface area contributed by atoms with Crippen molar-refractivity contribution in [1.29, 1.82) is 0 Å². The zero-order valence-corrected chi connectivity index (χ0v) is 21.0. The Morgan fingerprint density at radius 2 is 1.78 bits per heavy atom. The van der Waals surface area contributed by atoms with Crippen molar-refractivity contribution in [3.05, 3.63) is 76.3 Å². The number of carboxylic acid groups (broad SMARTS) is 1. The quantitative estimate of drug-likeness (QED) is 0.344. The number of fused-ring (bicyclic) bond motifs is 1. The molecule has 0 aliphatic carbocycles. The van der Waals surface area contributed by atoms with E-state index < -0.39 is 12.3 Å². The Morgan fingerprint density at radius 3 is 2.49 bits per heavy atom. The third-order valence-corrected chi connectivity index (χ3v) is 6.10. The summed E-state index contributed by atoms with van der Waals surface area (Å²) >= 11 is 6.38. The molecule has 4 rings (SSSR count). The zero-order chi connectivity index (χ0) is 26.4. The minimum atomic E-state index is -1.36. The zero-order valence-electron chi connectivity index (χ0n) is 20.3. The highest BCUT2D eigenvalue weighted by Gasteiger charge is 2.27. The van der Waals surface area contributed by atoms with Crippen molar-refractivity contribution in [2.75, 3.05) is 27.4 Å². The Labute approximate surface area is 218 Å². The van der Waals surface area contributed by atoms with Crippen LogP contribution < -0.4 is 24.3 Å². The normalized spacial score (nSPS) is 14.1. The Morgan fingerprint density at radius 1 is 1.03 bits per heavy atom. The van der Waals surface area contributed by atoms with Gasteiger partial charge >= 0.3 is 6.16 Å². The molecular weight excluding hydrogens is 502 g/mol. The molecule has 1 aliphatic rings. The molecule has 194 valence electrons. The van der Waals surface area contributed by atoms with Crippen molar-refractivity contribution in [2.45, 2.75) is 18.9 Å². The summed E-state index contributed by atoms with van der Waals surface area (Å²) in [7, 11) is 3.20. The monoisotopic (exact) mass is 527 g/mol. The van der Waals surface area contributed by atoms with Gasteiger partial charge in [-0.2, -0.15) is 0 Å². The van der Waals surface area contributed by atoms with Gasteiger partial charge in [0.25, 0.3) is 5.91 Å². The fourth-order valence-electron chi connectivity index (χ4n) is 3.97. The summed E-state index contributed by atoms with van der Waals surface area (Å²) in [6.45, 7) is 0.721. The molecule has 1 amide bonds. The SMILES string of the molecule is COc1ccc(OC)c(CCNC(=O)c2ccc(Oc3cc4c(cc3Cl)C(OC(=O)O)CCO4)cc2)c1. The van der Waals surface area contributed by atoms with Crippen LogP contribution >= 0.6 is 11.6 Å². The minimum absolute atomic E-state index is 0.224. The number of carbonyl (C=O) groups is 2. The largest absolute Gasteiger partial charge is 0.506 e. The average molecular weight is 528 g/mol. The molecule has 9 nitrogen and oxygen atoms in total. The van der Waals surface area contributed by atoms with Crippen LogP contribution in [0.5, 0.6) is 28.7 Å². The number of ether oxygens (including phenoxy) is 5. The lowest BCUT2D eigenvalue weighted by atomic mass is 10.0. The van der Waals surface area contributed by atoms with E-state index in [2.05, 4.69) is 5.32 Å². The predicted octanol–water partition coefficient (Wildman–Crippen LogP) is 5.64. The first kappa shape index (κ1) is 26.0. The van der Waals surface area contributed by atoms with Crippen molar-refractivity contribution in [1.82, 2.24) is 5.32 Å². The van der Waals surface area contributed by atoms with E-state index >= 15 is 0 Å². The number of amides is 1. The number of halogens is 1. The fraction of sp³-hybridized carbons (Fsp3) is 0.259. The van der Waals surface area contributed by atoms with Gasteiger partial charge in [-0.25, -0.2) is 4.79 Å². The molecule has 2 N–H and O–H groups in total. The number of hydrogen-bond donors (Lipinski definition) is 2. The molecule has 37 heavy (non-hydrogen) atoms. The molecular formula is C27H26ClNO8.